The first kappa shape index (κ1) is 19.7. The Morgan fingerprint density at radius 1 is 1.11 bits per heavy atom. The lowest BCUT2D eigenvalue weighted by atomic mass is 9.95. The van der Waals surface area contributed by atoms with Gasteiger partial charge in [-0.25, -0.2) is 0 Å². The van der Waals surface area contributed by atoms with Gasteiger partial charge in [-0.2, -0.15) is 18.3 Å². The summed E-state index contributed by atoms with van der Waals surface area (Å²) in [5.74, 6) is -0.526. The van der Waals surface area contributed by atoms with Crippen LogP contribution in [0.5, 0.6) is 0 Å². The molecule has 7 heteroatoms. The molecule has 0 aliphatic rings. The number of hydrogen-bond donors (Lipinski definition) is 2. The Kier molecular flexibility index (Phi) is 5.53. The van der Waals surface area contributed by atoms with Gasteiger partial charge in [0.1, 0.15) is 5.69 Å². The van der Waals surface area contributed by atoms with E-state index in [4.69, 9.17) is 0 Å². The molecule has 1 heterocycles. The average Bonchev–Trinajstić information content (AvgIpc) is 3.03. The molecule has 2 N–H and O–H groups in total. The van der Waals surface area contributed by atoms with Gasteiger partial charge >= 0.3 is 6.18 Å². The number of alkyl halides is 3. The van der Waals surface area contributed by atoms with Gasteiger partial charge in [-0.05, 0) is 31.0 Å². The van der Waals surface area contributed by atoms with E-state index in [9.17, 15) is 18.0 Å². The number of halogens is 3. The minimum absolute atomic E-state index is 0.189. The molecule has 2 aromatic carbocycles. The summed E-state index contributed by atoms with van der Waals surface area (Å²) in [5.41, 5.74) is 2.16. The van der Waals surface area contributed by atoms with Crippen LogP contribution in [0.15, 0.2) is 54.6 Å². The summed E-state index contributed by atoms with van der Waals surface area (Å²) in [6.07, 6.45) is -3.79. The number of H-pyrrole nitrogens is 1. The summed E-state index contributed by atoms with van der Waals surface area (Å²) in [7, 11) is 0. The second-order valence-electron chi connectivity index (χ2n) is 6.51. The van der Waals surface area contributed by atoms with Crippen LogP contribution in [-0.4, -0.2) is 16.1 Å². The van der Waals surface area contributed by atoms with E-state index in [-0.39, 0.29) is 11.8 Å². The predicted octanol–water partition coefficient (Wildman–Crippen LogP) is 5.54. The molecule has 1 amide bonds. The quantitative estimate of drug-likeness (QED) is 0.604. The van der Waals surface area contributed by atoms with Crippen molar-refractivity contribution in [3.8, 4) is 11.3 Å². The third-order valence-corrected chi connectivity index (χ3v) is 4.61. The number of aromatic nitrogens is 2. The number of aromatic amines is 1. The molecule has 4 nitrogen and oxygen atoms in total. The summed E-state index contributed by atoms with van der Waals surface area (Å²) in [4.78, 5) is 12.9. The monoisotopic (exact) mass is 387 g/mol. The Morgan fingerprint density at radius 3 is 2.32 bits per heavy atom. The zero-order chi connectivity index (χ0) is 20.3. The molecule has 1 atom stereocenters. The van der Waals surface area contributed by atoms with Crippen LogP contribution in [0.4, 0.5) is 18.9 Å². The van der Waals surface area contributed by atoms with Crippen molar-refractivity contribution >= 4 is 11.6 Å². The van der Waals surface area contributed by atoms with Crippen molar-refractivity contribution in [3.05, 3.63) is 71.4 Å². The number of anilines is 1. The van der Waals surface area contributed by atoms with Crippen LogP contribution in [0.25, 0.3) is 11.3 Å². The zero-order valence-electron chi connectivity index (χ0n) is 15.5. The van der Waals surface area contributed by atoms with Crippen LogP contribution in [0.3, 0.4) is 0 Å². The number of nitrogens with one attached hydrogen (secondary N) is 2. The number of carbonyl (C=O) groups is 1. The molecule has 0 saturated heterocycles. The number of carbonyl (C=O) groups excluding carboxylic acids is 1. The summed E-state index contributed by atoms with van der Waals surface area (Å²) in [6.45, 7) is 3.68. The Morgan fingerprint density at radius 2 is 1.75 bits per heavy atom. The number of aryl methyl sites for hydroxylation is 1. The highest BCUT2D eigenvalue weighted by atomic mass is 19.4. The lowest BCUT2D eigenvalue weighted by Crippen LogP contribution is -2.21. The maximum Gasteiger partial charge on any atom is 0.416 e. The topological polar surface area (TPSA) is 57.8 Å². The maximum atomic E-state index is 12.9. The molecule has 28 heavy (non-hydrogen) atoms. The standard InChI is InChI=1S/C21H20F3N3O/c1-3-17(14-7-5-4-6-8-14)20(28)25-18-13(2)26-27-19(18)15-9-11-16(12-10-15)21(22,23)24/h4-12,17H,3H2,1-2H3,(H,25,28)(H,26,27)/t17-/m1/s1. The molecule has 0 aliphatic heterocycles. The largest absolute Gasteiger partial charge is 0.416 e. The van der Waals surface area contributed by atoms with Crippen molar-refractivity contribution in [2.24, 2.45) is 0 Å². The van der Waals surface area contributed by atoms with Gasteiger partial charge in [-0.15, -0.1) is 0 Å². The fourth-order valence-electron chi connectivity index (χ4n) is 3.08. The minimum Gasteiger partial charge on any atom is -0.322 e. The third-order valence-electron chi connectivity index (χ3n) is 4.61. The van der Waals surface area contributed by atoms with Crippen molar-refractivity contribution in [1.82, 2.24) is 10.2 Å². The highest BCUT2D eigenvalue weighted by molar-refractivity contribution is 5.99. The first-order chi connectivity index (χ1) is 13.3. The van der Waals surface area contributed by atoms with Gasteiger partial charge in [0.05, 0.1) is 22.9 Å². The molecule has 0 unspecified atom stereocenters. The SMILES string of the molecule is CC[C@@H](C(=O)Nc1c(-c2ccc(C(F)(F)F)cc2)n[nH]c1C)c1ccccc1. The highest BCUT2D eigenvalue weighted by Crippen LogP contribution is 2.34. The van der Waals surface area contributed by atoms with E-state index in [1.54, 1.807) is 6.92 Å². The molecule has 0 bridgehead atoms. The van der Waals surface area contributed by atoms with E-state index >= 15 is 0 Å². The Hall–Kier alpha value is -3.09. The smallest absolute Gasteiger partial charge is 0.322 e. The number of amides is 1. The van der Waals surface area contributed by atoms with E-state index in [1.807, 2.05) is 37.3 Å². The summed E-state index contributed by atoms with van der Waals surface area (Å²) < 4.78 is 38.4. The molecule has 0 spiro atoms. The van der Waals surface area contributed by atoms with Crippen LogP contribution in [0, 0.1) is 6.92 Å². The highest BCUT2D eigenvalue weighted by Gasteiger charge is 2.30. The number of benzene rings is 2. The average molecular weight is 387 g/mol. The van der Waals surface area contributed by atoms with E-state index in [1.165, 1.54) is 12.1 Å². The van der Waals surface area contributed by atoms with Gasteiger partial charge in [0, 0.05) is 5.56 Å². The van der Waals surface area contributed by atoms with Gasteiger partial charge in [0.2, 0.25) is 5.91 Å². The molecule has 0 radical (unpaired) electrons. The van der Waals surface area contributed by atoms with Gasteiger partial charge in [0.25, 0.3) is 0 Å². The maximum absolute atomic E-state index is 12.9. The molecule has 3 rings (SSSR count). The summed E-state index contributed by atoms with van der Waals surface area (Å²) in [5, 5.41) is 9.86. The van der Waals surface area contributed by atoms with E-state index in [0.29, 0.717) is 29.1 Å². The van der Waals surface area contributed by atoms with Gasteiger partial charge < -0.3 is 5.32 Å². The van der Waals surface area contributed by atoms with Crippen LogP contribution in [0.2, 0.25) is 0 Å². The molecule has 0 fully saturated rings. The van der Waals surface area contributed by atoms with Gasteiger partial charge in [-0.1, -0.05) is 49.4 Å². The first-order valence-corrected chi connectivity index (χ1v) is 8.89. The van der Waals surface area contributed by atoms with Crippen LogP contribution < -0.4 is 5.32 Å². The van der Waals surface area contributed by atoms with E-state index in [0.717, 1.165) is 17.7 Å². The molecule has 0 saturated carbocycles. The second-order valence-corrected chi connectivity index (χ2v) is 6.51. The van der Waals surface area contributed by atoms with Crippen molar-refractivity contribution in [1.29, 1.82) is 0 Å². The number of nitrogens with zero attached hydrogens (tertiary/aromatic N) is 1. The Balaban J connectivity index is 1.88. The second kappa shape index (κ2) is 7.88. The van der Waals surface area contributed by atoms with Crippen molar-refractivity contribution in [3.63, 3.8) is 0 Å². The number of rotatable bonds is 5. The predicted molar refractivity (Wildman–Crippen MR) is 102 cm³/mol. The van der Waals surface area contributed by atoms with Gasteiger partial charge in [0.15, 0.2) is 0 Å². The lowest BCUT2D eigenvalue weighted by Gasteiger charge is -2.16. The van der Waals surface area contributed by atoms with Crippen LogP contribution in [-0.2, 0) is 11.0 Å². The molecule has 146 valence electrons. The summed E-state index contributed by atoms with van der Waals surface area (Å²) in [6, 6.07) is 14.1. The van der Waals surface area contributed by atoms with E-state index in [2.05, 4.69) is 15.5 Å². The lowest BCUT2D eigenvalue weighted by molar-refractivity contribution is -0.137. The molecular weight excluding hydrogens is 367 g/mol. The normalized spacial score (nSPS) is 12.6. The zero-order valence-corrected chi connectivity index (χ0v) is 15.5. The third kappa shape index (κ3) is 4.08. The van der Waals surface area contributed by atoms with Gasteiger partial charge in [-0.3, -0.25) is 9.89 Å². The fraction of sp³-hybridized carbons (Fsp3) is 0.238. The van der Waals surface area contributed by atoms with Crippen molar-refractivity contribution < 1.29 is 18.0 Å². The fourth-order valence-corrected chi connectivity index (χ4v) is 3.08. The molecular formula is C21H20F3N3O. The summed E-state index contributed by atoms with van der Waals surface area (Å²) >= 11 is 0. The minimum atomic E-state index is -4.40. The molecule has 1 aromatic heterocycles. The number of hydrogen-bond acceptors (Lipinski definition) is 2. The molecule has 0 aliphatic carbocycles. The van der Waals surface area contributed by atoms with Crippen LogP contribution >= 0.6 is 0 Å². The van der Waals surface area contributed by atoms with Crippen molar-refractivity contribution in [2.45, 2.75) is 32.4 Å². The Bertz CT molecular complexity index is 947. The van der Waals surface area contributed by atoms with Crippen molar-refractivity contribution in [2.75, 3.05) is 5.32 Å². The Labute approximate surface area is 160 Å². The van der Waals surface area contributed by atoms with E-state index < -0.39 is 11.7 Å². The first-order valence-electron chi connectivity index (χ1n) is 8.89. The molecule has 3 aromatic rings. The van der Waals surface area contributed by atoms with Crippen LogP contribution in [0.1, 0.15) is 36.1 Å².